The lowest BCUT2D eigenvalue weighted by atomic mass is 10.2. The number of rotatable bonds is 9. The van der Waals surface area contributed by atoms with Crippen molar-refractivity contribution in [1.29, 1.82) is 0 Å². The van der Waals surface area contributed by atoms with Crippen LogP contribution in [0, 0.1) is 0 Å². The van der Waals surface area contributed by atoms with Crippen molar-refractivity contribution in [1.82, 2.24) is 9.80 Å². The third-order valence-corrected chi connectivity index (χ3v) is 3.80. The Morgan fingerprint density at radius 2 is 1.85 bits per heavy atom. The minimum atomic E-state index is -0.866. The molecule has 0 radical (unpaired) electrons. The minimum Gasteiger partial charge on any atom is -0.480 e. The Hall–Kier alpha value is -1.10. The van der Waals surface area contributed by atoms with Crippen LogP contribution in [0.3, 0.4) is 0 Å². The van der Waals surface area contributed by atoms with E-state index >= 15 is 0 Å². The zero-order chi connectivity index (χ0) is 15.0. The summed E-state index contributed by atoms with van der Waals surface area (Å²) in [7, 11) is 0. The number of aliphatic carboxylic acids is 1. The Morgan fingerprint density at radius 3 is 2.40 bits per heavy atom. The monoisotopic (exact) mass is 284 g/mol. The molecular formula is C15H28N2O3. The smallest absolute Gasteiger partial charge is 0.326 e. The van der Waals surface area contributed by atoms with Gasteiger partial charge >= 0.3 is 5.97 Å². The Bertz CT molecular complexity index is 314. The van der Waals surface area contributed by atoms with Crippen molar-refractivity contribution >= 4 is 11.9 Å². The number of hydrogen-bond donors (Lipinski definition) is 1. The van der Waals surface area contributed by atoms with Crippen LogP contribution in [0.5, 0.6) is 0 Å². The Balaban J connectivity index is 2.33. The van der Waals surface area contributed by atoms with Crippen molar-refractivity contribution in [3.05, 3.63) is 0 Å². The van der Waals surface area contributed by atoms with Gasteiger partial charge in [-0.05, 0) is 51.7 Å². The van der Waals surface area contributed by atoms with Crippen LogP contribution in [0.2, 0.25) is 0 Å². The molecule has 1 N–H and O–H groups in total. The van der Waals surface area contributed by atoms with Crippen LogP contribution in [-0.4, -0.2) is 59.0 Å². The van der Waals surface area contributed by atoms with Gasteiger partial charge < -0.3 is 14.9 Å². The molecule has 1 aliphatic rings. The zero-order valence-electron chi connectivity index (χ0n) is 12.8. The summed E-state index contributed by atoms with van der Waals surface area (Å²) in [6, 6.07) is -0.593. The Labute approximate surface area is 121 Å². The molecule has 1 fully saturated rings. The van der Waals surface area contributed by atoms with Crippen LogP contribution in [-0.2, 0) is 9.59 Å². The molecule has 0 spiro atoms. The number of hydrogen-bond acceptors (Lipinski definition) is 3. The van der Waals surface area contributed by atoms with Gasteiger partial charge in [-0.2, -0.15) is 0 Å². The van der Waals surface area contributed by atoms with E-state index in [2.05, 4.69) is 18.7 Å². The van der Waals surface area contributed by atoms with Crippen LogP contribution in [0.25, 0.3) is 0 Å². The molecule has 0 aromatic rings. The molecule has 0 saturated carbocycles. The van der Waals surface area contributed by atoms with Gasteiger partial charge in [0.15, 0.2) is 0 Å². The average molecular weight is 284 g/mol. The highest BCUT2D eigenvalue weighted by molar-refractivity contribution is 5.84. The second-order valence-corrected chi connectivity index (χ2v) is 5.53. The molecule has 5 nitrogen and oxygen atoms in total. The van der Waals surface area contributed by atoms with Crippen LogP contribution < -0.4 is 0 Å². The van der Waals surface area contributed by atoms with Gasteiger partial charge in [-0.3, -0.25) is 4.79 Å². The quantitative estimate of drug-likeness (QED) is 0.703. The zero-order valence-corrected chi connectivity index (χ0v) is 12.8. The molecule has 5 heteroatoms. The van der Waals surface area contributed by atoms with Crippen molar-refractivity contribution < 1.29 is 14.7 Å². The standard InChI is InChI=1S/C15H28N2O3/c1-3-9-16(10-4-2)11-6-8-14(18)17-12-5-7-13(17)15(19)20/h13H,3-12H2,1-2H3,(H,19,20)/t13-/m0/s1. The Morgan fingerprint density at radius 1 is 1.20 bits per heavy atom. The predicted molar refractivity (Wildman–Crippen MR) is 78.6 cm³/mol. The van der Waals surface area contributed by atoms with E-state index < -0.39 is 12.0 Å². The van der Waals surface area contributed by atoms with E-state index in [1.54, 1.807) is 4.90 Å². The maximum absolute atomic E-state index is 12.1. The third kappa shape index (κ3) is 5.12. The summed E-state index contributed by atoms with van der Waals surface area (Å²) >= 11 is 0. The number of carboxylic acids is 1. The van der Waals surface area contributed by atoms with Crippen LogP contribution in [0.15, 0.2) is 0 Å². The number of carboxylic acid groups (broad SMARTS) is 1. The highest BCUT2D eigenvalue weighted by Gasteiger charge is 2.33. The summed E-state index contributed by atoms with van der Waals surface area (Å²) in [5.41, 5.74) is 0. The first-order valence-electron chi connectivity index (χ1n) is 7.84. The molecule has 1 aliphatic heterocycles. The molecule has 20 heavy (non-hydrogen) atoms. The molecule has 1 atom stereocenters. The molecule has 0 aromatic heterocycles. The minimum absolute atomic E-state index is 0.00264. The summed E-state index contributed by atoms with van der Waals surface area (Å²) in [6.45, 7) is 8.00. The first-order chi connectivity index (χ1) is 9.60. The van der Waals surface area contributed by atoms with Gasteiger partial charge in [-0.1, -0.05) is 13.8 Å². The fourth-order valence-electron chi connectivity index (χ4n) is 2.89. The number of carbonyl (C=O) groups excluding carboxylic acids is 1. The molecule has 1 heterocycles. The molecular weight excluding hydrogens is 256 g/mol. The highest BCUT2D eigenvalue weighted by atomic mass is 16.4. The second kappa shape index (κ2) is 8.95. The van der Waals surface area contributed by atoms with Crippen LogP contribution in [0.4, 0.5) is 0 Å². The summed E-state index contributed by atoms with van der Waals surface area (Å²) in [6.07, 6.45) is 4.94. The van der Waals surface area contributed by atoms with Crippen molar-refractivity contribution in [2.24, 2.45) is 0 Å². The maximum Gasteiger partial charge on any atom is 0.326 e. The van der Waals surface area contributed by atoms with Gasteiger partial charge in [0.1, 0.15) is 6.04 Å². The van der Waals surface area contributed by atoms with Crippen molar-refractivity contribution in [2.75, 3.05) is 26.2 Å². The van der Waals surface area contributed by atoms with Gasteiger partial charge in [0.25, 0.3) is 0 Å². The third-order valence-electron chi connectivity index (χ3n) is 3.80. The van der Waals surface area contributed by atoms with E-state index in [9.17, 15) is 9.59 Å². The lowest BCUT2D eigenvalue weighted by Gasteiger charge is -2.23. The number of carbonyl (C=O) groups is 2. The number of amides is 1. The van der Waals surface area contributed by atoms with E-state index in [4.69, 9.17) is 5.11 Å². The summed E-state index contributed by atoms with van der Waals surface area (Å²) in [4.78, 5) is 27.1. The first kappa shape index (κ1) is 17.0. The number of nitrogens with zero attached hydrogens (tertiary/aromatic N) is 2. The average Bonchev–Trinajstić information content (AvgIpc) is 2.88. The lowest BCUT2D eigenvalue weighted by Crippen LogP contribution is -2.40. The van der Waals surface area contributed by atoms with E-state index in [1.807, 2.05) is 0 Å². The van der Waals surface area contributed by atoms with Gasteiger partial charge in [0, 0.05) is 13.0 Å². The van der Waals surface area contributed by atoms with Crippen LogP contribution in [0.1, 0.15) is 52.4 Å². The van der Waals surface area contributed by atoms with Crippen LogP contribution >= 0.6 is 0 Å². The number of likely N-dealkylation sites (tertiary alicyclic amines) is 1. The molecule has 1 rings (SSSR count). The van der Waals surface area contributed by atoms with E-state index in [0.717, 1.165) is 45.3 Å². The fourth-order valence-corrected chi connectivity index (χ4v) is 2.89. The van der Waals surface area contributed by atoms with Crippen molar-refractivity contribution in [2.45, 2.75) is 58.4 Å². The lowest BCUT2D eigenvalue weighted by molar-refractivity contribution is -0.148. The maximum atomic E-state index is 12.1. The van der Waals surface area contributed by atoms with E-state index in [0.29, 0.717) is 19.4 Å². The molecule has 0 bridgehead atoms. The first-order valence-corrected chi connectivity index (χ1v) is 7.84. The summed E-state index contributed by atoms with van der Waals surface area (Å²) in [5.74, 6) is -0.864. The molecule has 0 aromatic carbocycles. The highest BCUT2D eigenvalue weighted by Crippen LogP contribution is 2.18. The predicted octanol–water partition coefficient (Wildman–Crippen LogP) is 1.96. The fraction of sp³-hybridized carbons (Fsp3) is 0.867. The molecule has 0 unspecified atom stereocenters. The van der Waals surface area contributed by atoms with Crippen molar-refractivity contribution in [3.63, 3.8) is 0 Å². The summed E-state index contributed by atoms with van der Waals surface area (Å²) in [5, 5.41) is 9.08. The molecule has 1 amide bonds. The van der Waals surface area contributed by atoms with Gasteiger partial charge in [0.05, 0.1) is 0 Å². The van der Waals surface area contributed by atoms with Crippen molar-refractivity contribution in [3.8, 4) is 0 Å². The Kier molecular flexibility index (Phi) is 7.59. The normalized spacial score (nSPS) is 18.8. The summed E-state index contributed by atoms with van der Waals surface area (Å²) < 4.78 is 0. The topological polar surface area (TPSA) is 60.9 Å². The largest absolute Gasteiger partial charge is 0.480 e. The van der Waals surface area contributed by atoms with Gasteiger partial charge in [-0.25, -0.2) is 4.79 Å². The molecule has 0 aliphatic carbocycles. The molecule has 1 saturated heterocycles. The van der Waals surface area contributed by atoms with Gasteiger partial charge in [0.2, 0.25) is 5.91 Å². The van der Waals surface area contributed by atoms with Gasteiger partial charge in [-0.15, -0.1) is 0 Å². The SMILES string of the molecule is CCCN(CCC)CCCC(=O)N1CCC[C@H]1C(=O)O. The molecule has 116 valence electrons. The van der Waals surface area contributed by atoms with E-state index in [1.165, 1.54) is 0 Å². The van der Waals surface area contributed by atoms with E-state index in [-0.39, 0.29) is 5.91 Å². The second-order valence-electron chi connectivity index (χ2n) is 5.53.